The zero-order chi connectivity index (χ0) is 16.1. The Balaban J connectivity index is 5.70. The molecule has 0 spiro atoms. The van der Waals surface area contributed by atoms with Crippen LogP contribution in [0.3, 0.4) is 0 Å². The standard InChI is InChI=1S/C14H24N2O4/c1-9(17)5-13(15,6-10(2)18)14(16,7-11(3)19)8-12(4)20/h17-20H,1-8,15-16H2. The Labute approximate surface area is 119 Å². The lowest BCUT2D eigenvalue weighted by Crippen LogP contribution is -2.66. The van der Waals surface area contributed by atoms with E-state index in [1.165, 1.54) is 0 Å². The van der Waals surface area contributed by atoms with Crippen molar-refractivity contribution in [2.24, 2.45) is 11.5 Å². The van der Waals surface area contributed by atoms with Gasteiger partial charge in [-0.15, -0.1) is 0 Å². The first kappa shape index (κ1) is 18.1. The number of rotatable bonds is 9. The molecule has 0 aromatic heterocycles. The van der Waals surface area contributed by atoms with Crippen LogP contribution in [-0.2, 0) is 0 Å². The van der Waals surface area contributed by atoms with Crippen LogP contribution in [0.1, 0.15) is 25.7 Å². The number of nitrogens with two attached hydrogens (primary N) is 2. The van der Waals surface area contributed by atoms with Gasteiger partial charge in [-0.2, -0.15) is 0 Å². The zero-order valence-electron chi connectivity index (χ0n) is 11.6. The molecule has 0 fully saturated rings. The zero-order valence-corrected chi connectivity index (χ0v) is 11.6. The number of aliphatic hydroxyl groups is 4. The largest absolute Gasteiger partial charge is 0.513 e. The highest BCUT2D eigenvalue weighted by Crippen LogP contribution is 2.36. The third-order valence-corrected chi connectivity index (χ3v) is 3.07. The minimum absolute atomic E-state index is 0.149. The molecule has 0 unspecified atom stereocenters. The highest BCUT2D eigenvalue weighted by atomic mass is 16.3. The van der Waals surface area contributed by atoms with Crippen molar-refractivity contribution in [1.82, 2.24) is 0 Å². The maximum atomic E-state index is 9.42. The number of hydrogen-bond acceptors (Lipinski definition) is 6. The molecule has 0 saturated carbocycles. The van der Waals surface area contributed by atoms with Gasteiger partial charge in [-0.25, -0.2) is 0 Å². The van der Waals surface area contributed by atoms with Gasteiger partial charge in [-0.3, -0.25) is 0 Å². The Bertz CT molecular complexity index is 357. The van der Waals surface area contributed by atoms with Gasteiger partial charge in [0.25, 0.3) is 0 Å². The Morgan fingerprint density at radius 3 is 0.850 bits per heavy atom. The van der Waals surface area contributed by atoms with E-state index in [4.69, 9.17) is 11.5 Å². The highest BCUT2D eigenvalue weighted by Gasteiger charge is 2.47. The first-order chi connectivity index (χ1) is 8.92. The summed E-state index contributed by atoms with van der Waals surface area (Å²) in [6.07, 6.45) is -0.597. The quantitative estimate of drug-likeness (QED) is 0.360. The molecule has 0 aromatic carbocycles. The van der Waals surface area contributed by atoms with E-state index in [1.54, 1.807) is 0 Å². The maximum Gasteiger partial charge on any atom is 0.0870 e. The van der Waals surface area contributed by atoms with E-state index >= 15 is 0 Å². The number of hydrogen-bond donors (Lipinski definition) is 6. The second kappa shape index (κ2) is 6.49. The first-order valence-corrected chi connectivity index (χ1v) is 5.96. The molecule has 0 radical (unpaired) electrons. The van der Waals surface area contributed by atoms with Crippen molar-refractivity contribution in [3.05, 3.63) is 49.4 Å². The maximum absolute atomic E-state index is 9.42. The van der Waals surface area contributed by atoms with Crippen molar-refractivity contribution in [1.29, 1.82) is 0 Å². The van der Waals surface area contributed by atoms with Crippen LogP contribution in [0.25, 0.3) is 0 Å². The van der Waals surface area contributed by atoms with Gasteiger partial charge in [0.15, 0.2) is 0 Å². The molecule has 0 aliphatic rings. The van der Waals surface area contributed by atoms with Gasteiger partial charge in [0.2, 0.25) is 0 Å². The van der Waals surface area contributed by atoms with Crippen molar-refractivity contribution in [2.45, 2.75) is 36.8 Å². The third kappa shape index (κ3) is 4.99. The van der Waals surface area contributed by atoms with E-state index in [0.717, 1.165) is 0 Å². The lowest BCUT2D eigenvalue weighted by Gasteiger charge is -2.45. The Kier molecular flexibility index (Phi) is 5.87. The second-order valence-electron chi connectivity index (χ2n) is 5.28. The van der Waals surface area contributed by atoms with Crippen molar-refractivity contribution < 1.29 is 20.4 Å². The third-order valence-electron chi connectivity index (χ3n) is 3.07. The van der Waals surface area contributed by atoms with E-state index in [2.05, 4.69) is 26.3 Å². The molecule has 0 aliphatic carbocycles. The first-order valence-electron chi connectivity index (χ1n) is 5.96. The lowest BCUT2D eigenvalue weighted by molar-refractivity contribution is 0.144. The topological polar surface area (TPSA) is 133 Å². The lowest BCUT2D eigenvalue weighted by atomic mass is 9.68. The van der Waals surface area contributed by atoms with Crippen LogP contribution in [-0.4, -0.2) is 31.5 Å². The summed E-state index contributed by atoms with van der Waals surface area (Å²) in [6, 6.07) is 0. The predicted molar refractivity (Wildman–Crippen MR) is 79.4 cm³/mol. The molecule has 6 nitrogen and oxygen atoms in total. The Hall–Kier alpha value is -1.92. The average Bonchev–Trinajstić information content (AvgIpc) is 2.10. The van der Waals surface area contributed by atoms with Crippen LogP contribution in [0.15, 0.2) is 49.4 Å². The van der Waals surface area contributed by atoms with E-state index in [0.29, 0.717) is 0 Å². The molecule has 0 atom stereocenters. The summed E-state index contributed by atoms with van der Waals surface area (Å²) >= 11 is 0. The van der Waals surface area contributed by atoms with Gasteiger partial charge in [0.1, 0.15) is 0 Å². The highest BCUT2D eigenvalue weighted by molar-refractivity contribution is 5.19. The van der Waals surface area contributed by atoms with Crippen molar-refractivity contribution in [3.8, 4) is 0 Å². The molecular formula is C14H24N2O4. The SMILES string of the molecule is C=C(O)CC(N)(CC(=C)O)C(N)(CC(=C)O)CC(=C)O. The monoisotopic (exact) mass is 284 g/mol. The fourth-order valence-electron chi connectivity index (χ4n) is 2.29. The van der Waals surface area contributed by atoms with Crippen LogP contribution in [0.2, 0.25) is 0 Å². The van der Waals surface area contributed by atoms with Gasteiger partial charge in [0, 0.05) is 36.8 Å². The van der Waals surface area contributed by atoms with E-state index in [-0.39, 0.29) is 48.7 Å². The molecule has 0 rings (SSSR count). The summed E-state index contributed by atoms with van der Waals surface area (Å²) in [6.45, 7) is 13.4. The van der Waals surface area contributed by atoms with Gasteiger partial charge in [0.05, 0.1) is 23.0 Å². The molecule has 0 heterocycles. The van der Waals surface area contributed by atoms with Gasteiger partial charge >= 0.3 is 0 Å². The van der Waals surface area contributed by atoms with Crippen LogP contribution in [0.5, 0.6) is 0 Å². The number of aliphatic hydroxyl groups excluding tert-OH is 4. The summed E-state index contributed by atoms with van der Waals surface area (Å²) in [5.41, 5.74) is 9.61. The average molecular weight is 284 g/mol. The van der Waals surface area contributed by atoms with E-state index < -0.39 is 11.1 Å². The Morgan fingerprint density at radius 2 is 0.750 bits per heavy atom. The molecule has 0 bridgehead atoms. The summed E-state index contributed by atoms with van der Waals surface area (Å²) in [7, 11) is 0. The molecule has 0 amide bonds. The molecule has 0 saturated heterocycles. The van der Waals surface area contributed by atoms with Gasteiger partial charge in [-0.05, 0) is 0 Å². The molecule has 20 heavy (non-hydrogen) atoms. The van der Waals surface area contributed by atoms with E-state index in [9.17, 15) is 20.4 Å². The van der Waals surface area contributed by atoms with E-state index in [1.807, 2.05) is 0 Å². The molecule has 0 aliphatic heterocycles. The van der Waals surface area contributed by atoms with Gasteiger partial charge in [-0.1, -0.05) is 26.3 Å². The van der Waals surface area contributed by atoms with Crippen LogP contribution in [0, 0.1) is 0 Å². The van der Waals surface area contributed by atoms with Crippen molar-refractivity contribution in [2.75, 3.05) is 0 Å². The minimum Gasteiger partial charge on any atom is -0.513 e. The molecule has 114 valence electrons. The molecule has 6 heteroatoms. The normalized spacial score (nSPS) is 11.9. The van der Waals surface area contributed by atoms with Gasteiger partial charge < -0.3 is 31.9 Å². The minimum atomic E-state index is -1.40. The summed E-state index contributed by atoms with van der Waals surface area (Å²) in [5.74, 6) is -0.960. The van der Waals surface area contributed by atoms with Crippen molar-refractivity contribution >= 4 is 0 Å². The molecule has 0 aromatic rings. The molecular weight excluding hydrogens is 260 g/mol. The van der Waals surface area contributed by atoms with Crippen LogP contribution in [0.4, 0.5) is 0 Å². The Morgan fingerprint density at radius 1 is 0.600 bits per heavy atom. The van der Waals surface area contributed by atoms with Crippen molar-refractivity contribution in [3.63, 3.8) is 0 Å². The smallest absolute Gasteiger partial charge is 0.0870 e. The predicted octanol–water partition coefficient (Wildman–Crippen LogP) is 2.23. The van der Waals surface area contributed by atoms with Crippen LogP contribution >= 0.6 is 0 Å². The summed E-state index contributed by atoms with van der Waals surface area (Å²) < 4.78 is 0. The van der Waals surface area contributed by atoms with Crippen LogP contribution < -0.4 is 11.5 Å². The fraction of sp³-hybridized carbons (Fsp3) is 0.429. The summed E-state index contributed by atoms with van der Waals surface area (Å²) in [5, 5.41) is 37.7. The summed E-state index contributed by atoms with van der Waals surface area (Å²) in [4.78, 5) is 0. The molecule has 8 N–H and O–H groups in total. The second-order valence-corrected chi connectivity index (χ2v) is 5.28. The fourth-order valence-corrected chi connectivity index (χ4v) is 2.29.